The van der Waals surface area contributed by atoms with Gasteiger partial charge in [-0.2, -0.15) is 0 Å². The van der Waals surface area contributed by atoms with Crippen LogP contribution in [0.5, 0.6) is 0 Å². The molecule has 5 nitrogen and oxygen atoms in total. The number of thioether (sulfide) groups is 1. The van der Waals surface area contributed by atoms with Crippen molar-refractivity contribution >= 4 is 40.1 Å². The molecule has 2 amide bonds. The third-order valence-electron chi connectivity index (χ3n) is 5.08. The molecule has 0 aliphatic carbocycles. The molecule has 1 aliphatic rings. The van der Waals surface area contributed by atoms with Crippen LogP contribution >= 0.6 is 11.8 Å². The first-order valence-electron chi connectivity index (χ1n) is 10.4. The molecule has 1 heterocycles. The molecule has 168 valence electrons. The van der Waals surface area contributed by atoms with Gasteiger partial charge in [-0.15, -0.1) is 0 Å². The molecule has 0 saturated carbocycles. The summed E-state index contributed by atoms with van der Waals surface area (Å²) in [5, 5.41) is 2.36. The number of amidine groups is 1. The second kappa shape index (κ2) is 10.4. The minimum Gasteiger partial charge on any atom is -0.325 e. The summed E-state index contributed by atoms with van der Waals surface area (Å²) in [6.07, 6.45) is 0.451. The number of carbonyl (C=O) groups is 2. The van der Waals surface area contributed by atoms with E-state index in [9.17, 15) is 18.4 Å². The summed E-state index contributed by atoms with van der Waals surface area (Å²) in [4.78, 5) is 31.7. The van der Waals surface area contributed by atoms with Crippen LogP contribution < -0.4 is 5.32 Å². The molecule has 0 unspecified atom stereocenters. The first-order valence-corrected chi connectivity index (χ1v) is 11.3. The SMILES string of the molecule is O=C(Nc1ccccc1)[C@@H]1CC(=O)N(CCc2ccc(F)cc2)C(=Nc2ccccc2F)S1. The Bertz CT molecular complexity index is 1170. The van der Waals surface area contributed by atoms with Crippen molar-refractivity contribution in [3.05, 3.63) is 96.1 Å². The Hall–Kier alpha value is -3.52. The molecule has 1 atom stereocenters. The van der Waals surface area contributed by atoms with Gasteiger partial charge in [0, 0.05) is 18.7 Å². The molecular weight excluding hydrogens is 444 g/mol. The van der Waals surface area contributed by atoms with Gasteiger partial charge in [-0.05, 0) is 48.4 Å². The normalized spacial score (nSPS) is 17.3. The maximum atomic E-state index is 14.3. The highest BCUT2D eigenvalue weighted by Crippen LogP contribution is 2.31. The van der Waals surface area contributed by atoms with E-state index in [0.717, 1.165) is 17.3 Å². The van der Waals surface area contributed by atoms with Gasteiger partial charge < -0.3 is 5.32 Å². The summed E-state index contributed by atoms with van der Waals surface area (Å²) >= 11 is 1.13. The van der Waals surface area contributed by atoms with Gasteiger partial charge in [-0.3, -0.25) is 14.5 Å². The number of anilines is 1. The predicted octanol–water partition coefficient (Wildman–Crippen LogP) is 5.17. The van der Waals surface area contributed by atoms with E-state index in [2.05, 4.69) is 10.3 Å². The number of hydrogen-bond acceptors (Lipinski definition) is 4. The third-order valence-corrected chi connectivity index (χ3v) is 6.27. The standard InChI is InChI=1S/C25H21F2N3O2S/c26-18-12-10-17(11-13-18)14-15-30-23(31)16-22(24(32)28-19-6-2-1-3-7-19)33-25(30)29-21-9-5-4-8-20(21)27/h1-13,22H,14-16H2,(H,28,32)/t22-/m0/s1. The van der Waals surface area contributed by atoms with Crippen molar-refractivity contribution in [3.63, 3.8) is 0 Å². The van der Waals surface area contributed by atoms with Crippen molar-refractivity contribution in [1.82, 2.24) is 4.90 Å². The van der Waals surface area contributed by atoms with Gasteiger partial charge in [-0.25, -0.2) is 13.8 Å². The number of aliphatic imine (C=N–C) groups is 1. The number of rotatable bonds is 6. The Kier molecular flexibility index (Phi) is 7.14. The second-order valence-electron chi connectivity index (χ2n) is 7.43. The topological polar surface area (TPSA) is 61.8 Å². The highest BCUT2D eigenvalue weighted by atomic mass is 32.2. The largest absolute Gasteiger partial charge is 0.325 e. The van der Waals surface area contributed by atoms with Crippen molar-refractivity contribution in [2.45, 2.75) is 18.1 Å². The Morgan fingerprint density at radius 1 is 1.00 bits per heavy atom. The van der Waals surface area contributed by atoms with Crippen LogP contribution in [-0.2, 0) is 16.0 Å². The lowest BCUT2D eigenvalue weighted by Crippen LogP contribution is -2.46. The lowest BCUT2D eigenvalue weighted by molar-refractivity contribution is -0.129. The number of para-hydroxylation sites is 2. The van der Waals surface area contributed by atoms with Crippen molar-refractivity contribution in [2.24, 2.45) is 4.99 Å². The fourth-order valence-electron chi connectivity index (χ4n) is 3.34. The summed E-state index contributed by atoms with van der Waals surface area (Å²) in [6.45, 7) is 0.276. The van der Waals surface area contributed by atoms with Crippen LogP contribution in [-0.4, -0.2) is 33.7 Å². The minimum atomic E-state index is -0.703. The van der Waals surface area contributed by atoms with E-state index in [-0.39, 0.29) is 41.5 Å². The first-order chi connectivity index (χ1) is 16.0. The van der Waals surface area contributed by atoms with Gasteiger partial charge in [-0.1, -0.05) is 54.2 Å². The zero-order valence-electron chi connectivity index (χ0n) is 17.6. The maximum Gasteiger partial charge on any atom is 0.238 e. The average Bonchev–Trinajstić information content (AvgIpc) is 2.81. The number of benzene rings is 3. The Morgan fingerprint density at radius 2 is 1.70 bits per heavy atom. The minimum absolute atomic E-state index is 0.0109. The van der Waals surface area contributed by atoms with Gasteiger partial charge in [0.2, 0.25) is 11.8 Å². The van der Waals surface area contributed by atoms with E-state index in [0.29, 0.717) is 12.1 Å². The van der Waals surface area contributed by atoms with Crippen molar-refractivity contribution in [3.8, 4) is 0 Å². The Labute approximate surface area is 194 Å². The van der Waals surface area contributed by atoms with Gasteiger partial charge in [0.05, 0.1) is 0 Å². The Balaban J connectivity index is 1.56. The lowest BCUT2D eigenvalue weighted by Gasteiger charge is -2.32. The molecule has 3 aromatic rings. The Morgan fingerprint density at radius 3 is 2.42 bits per heavy atom. The first kappa shape index (κ1) is 22.7. The molecule has 0 spiro atoms. The molecule has 0 radical (unpaired) electrons. The van der Waals surface area contributed by atoms with E-state index < -0.39 is 11.1 Å². The van der Waals surface area contributed by atoms with Crippen LogP contribution in [0.3, 0.4) is 0 Å². The maximum absolute atomic E-state index is 14.3. The molecule has 0 aromatic heterocycles. The molecule has 3 aromatic carbocycles. The summed E-state index contributed by atoms with van der Waals surface area (Å²) in [6, 6.07) is 21.0. The highest BCUT2D eigenvalue weighted by molar-refractivity contribution is 8.15. The van der Waals surface area contributed by atoms with Gasteiger partial charge in [0.15, 0.2) is 5.17 Å². The molecule has 0 bridgehead atoms. The van der Waals surface area contributed by atoms with Crippen LogP contribution in [0.25, 0.3) is 0 Å². The second-order valence-corrected chi connectivity index (χ2v) is 8.60. The molecule has 33 heavy (non-hydrogen) atoms. The van der Waals surface area contributed by atoms with Crippen LogP contribution in [0.15, 0.2) is 83.9 Å². The van der Waals surface area contributed by atoms with E-state index >= 15 is 0 Å². The van der Waals surface area contributed by atoms with E-state index in [4.69, 9.17) is 0 Å². The average molecular weight is 466 g/mol. The molecule has 1 N–H and O–H groups in total. The molecule has 1 aliphatic heterocycles. The molecule has 1 saturated heterocycles. The summed E-state index contributed by atoms with van der Waals surface area (Å²) in [7, 11) is 0. The smallest absolute Gasteiger partial charge is 0.238 e. The van der Waals surface area contributed by atoms with E-state index in [1.165, 1.54) is 29.2 Å². The highest BCUT2D eigenvalue weighted by Gasteiger charge is 2.36. The van der Waals surface area contributed by atoms with E-state index in [1.54, 1.807) is 48.5 Å². The van der Waals surface area contributed by atoms with Crippen LogP contribution in [0.4, 0.5) is 20.2 Å². The third kappa shape index (κ3) is 5.84. The molecule has 1 fully saturated rings. The predicted molar refractivity (Wildman–Crippen MR) is 126 cm³/mol. The number of amides is 2. The zero-order valence-corrected chi connectivity index (χ0v) is 18.4. The molecule has 8 heteroatoms. The van der Waals surface area contributed by atoms with E-state index in [1.807, 2.05) is 6.07 Å². The zero-order chi connectivity index (χ0) is 23.2. The van der Waals surface area contributed by atoms with Crippen LogP contribution in [0, 0.1) is 11.6 Å². The lowest BCUT2D eigenvalue weighted by atomic mass is 10.1. The number of carbonyl (C=O) groups excluding carboxylic acids is 2. The number of nitrogens with zero attached hydrogens (tertiary/aromatic N) is 2. The fourth-order valence-corrected chi connectivity index (χ4v) is 4.46. The van der Waals surface area contributed by atoms with Gasteiger partial charge in [0.1, 0.15) is 22.6 Å². The summed E-state index contributed by atoms with van der Waals surface area (Å²) in [5.41, 5.74) is 1.56. The van der Waals surface area contributed by atoms with Crippen LogP contribution in [0.1, 0.15) is 12.0 Å². The monoisotopic (exact) mass is 465 g/mol. The molecular formula is C25H21F2N3O2S. The number of halogens is 2. The van der Waals surface area contributed by atoms with Crippen molar-refractivity contribution in [2.75, 3.05) is 11.9 Å². The van der Waals surface area contributed by atoms with Crippen LogP contribution in [0.2, 0.25) is 0 Å². The quantitative estimate of drug-likeness (QED) is 0.547. The van der Waals surface area contributed by atoms with Gasteiger partial charge in [0.25, 0.3) is 0 Å². The fraction of sp³-hybridized carbons (Fsp3) is 0.160. The number of hydrogen-bond donors (Lipinski definition) is 1. The summed E-state index contributed by atoms with van der Waals surface area (Å²) in [5.74, 6) is -1.46. The van der Waals surface area contributed by atoms with Gasteiger partial charge >= 0.3 is 0 Å². The molecule has 4 rings (SSSR count). The summed E-state index contributed by atoms with van der Waals surface area (Å²) < 4.78 is 27.5. The van der Waals surface area contributed by atoms with Crippen molar-refractivity contribution < 1.29 is 18.4 Å². The van der Waals surface area contributed by atoms with Crippen molar-refractivity contribution in [1.29, 1.82) is 0 Å². The number of nitrogens with one attached hydrogen (secondary N) is 1.